The van der Waals surface area contributed by atoms with Crippen LogP contribution in [0.2, 0.25) is 0 Å². The van der Waals surface area contributed by atoms with Gasteiger partial charge in [0.25, 0.3) is 5.91 Å². The molecule has 0 spiro atoms. The number of hydrogen-bond acceptors (Lipinski definition) is 5. The van der Waals surface area contributed by atoms with Gasteiger partial charge in [0.2, 0.25) is 0 Å². The molecule has 0 atom stereocenters. The second kappa shape index (κ2) is 8.00. The van der Waals surface area contributed by atoms with Gasteiger partial charge in [0, 0.05) is 18.8 Å². The molecule has 4 heterocycles. The van der Waals surface area contributed by atoms with Crippen LogP contribution in [0.3, 0.4) is 0 Å². The van der Waals surface area contributed by atoms with Gasteiger partial charge in [-0.2, -0.15) is 5.26 Å². The first-order valence-corrected chi connectivity index (χ1v) is 9.70. The maximum Gasteiger partial charge on any atom is 0.322 e. The summed E-state index contributed by atoms with van der Waals surface area (Å²) in [5.74, 6) is -0.667. The lowest BCUT2D eigenvalue weighted by atomic mass is 10.0. The van der Waals surface area contributed by atoms with Crippen molar-refractivity contribution in [2.24, 2.45) is 5.73 Å². The number of nitrogens with zero attached hydrogens (tertiary/aromatic N) is 4. The van der Waals surface area contributed by atoms with E-state index in [0.29, 0.717) is 49.8 Å². The number of carbonyl (C=O) groups excluding carboxylic acids is 2. The summed E-state index contributed by atoms with van der Waals surface area (Å²) in [7, 11) is 0. The van der Waals surface area contributed by atoms with Crippen molar-refractivity contribution in [1.29, 1.82) is 5.26 Å². The summed E-state index contributed by atoms with van der Waals surface area (Å²) in [6.07, 6.45) is 4.18. The van der Waals surface area contributed by atoms with Crippen LogP contribution >= 0.6 is 0 Å². The van der Waals surface area contributed by atoms with E-state index in [1.165, 1.54) is 0 Å². The van der Waals surface area contributed by atoms with Crippen molar-refractivity contribution in [3.8, 4) is 6.07 Å². The predicted octanol–water partition coefficient (Wildman–Crippen LogP) is 2.01. The van der Waals surface area contributed by atoms with E-state index < -0.39 is 5.91 Å². The molecule has 2 aliphatic heterocycles. The number of primary amides is 1. The second-order valence-electron chi connectivity index (χ2n) is 7.27. The summed E-state index contributed by atoms with van der Waals surface area (Å²) in [6.45, 7) is 3.97. The van der Waals surface area contributed by atoms with E-state index in [1.807, 2.05) is 23.6 Å². The van der Waals surface area contributed by atoms with Gasteiger partial charge in [-0.15, -0.1) is 0 Å². The molecule has 2 aliphatic rings. The first-order chi connectivity index (χ1) is 14.5. The number of nitriles is 1. The van der Waals surface area contributed by atoms with Crippen LogP contribution in [0.4, 0.5) is 10.5 Å². The van der Waals surface area contributed by atoms with E-state index in [9.17, 15) is 14.9 Å². The lowest BCUT2D eigenvalue weighted by Crippen LogP contribution is -2.41. The van der Waals surface area contributed by atoms with Gasteiger partial charge in [0.15, 0.2) is 0 Å². The third kappa shape index (κ3) is 3.53. The number of amides is 3. The second-order valence-corrected chi connectivity index (χ2v) is 7.27. The molecule has 0 unspecified atom stereocenters. The van der Waals surface area contributed by atoms with Gasteiger partial charge < -0.3 is 25.3 Å². The molecule has 0 aliphatic carbocycles. The zero-order valence-corrected chi connectivity index (χ0v) is 16.6. The zero-order chi connectivity index (χ0) is 21.3. The molecule has 0 aromatic carbocycles. The fourth-order valence-corrected chi connectivity index (χ4v) is 3.93. The molecule has 0 bridgehead atoms. The normalized spacial score (nSPS) is 15.7. The molecule has 2 aromatic rings. The molecular weight excluding hydrogens is 384 g/mol. The van der Waals surface area contributed by atoms with E-state index in [2.05, 4.69) is 16.4 Å². The zero-order valence-electron chi connectivity index (χ0n) is 16.6. The van der Waals surface area contributed by atoms with Crippen molar-refractivity contribution in [2.75, 3.05) is 25.1 Å². The molecule has 30 heavy (non-hydrogen) atoms. The Morgan fingerprint density at radius 2 is 2.17 bits per heavy atom. The Labute approximate surface area is 173 Å². The quantitative estimate of drug-likeness (QED) is 0.806. The molecular formula is C21H22N6O3. The average molecular weight is 406 g/mol. The number of urea groups is 1. The largest absolute Gasteiger partial charge is 0.377 e. The SMILES string of the molecule is Cc1ccc(NC(=O)N2CCn3c(c(C(N)=O)c(C#N)c3C3=CCOCC3)C2)cn1. The van der Waals surface area contributed by atoms with E-state index in [-0.39, 0.29) is 23.7 Å². The highest BCUT2D eigenvalue weighted by molar-refractivity contribution is 5.99. The Bertz CT molecular complexity index is 1080. The molecule has 4 rings (SSSR count). The Balaban J connectivity index is 1.67. The van der Waals surface area contributed by atoms with Crippen LogP contribution in [0.15, 0.2) is 24.4 Å². The minimum absolute atomic E-state index is 0.182. The third-order valence-electron chi connectivity index (χ3n) is 5.38. The van der Waals surface area contributed by atoms with Gasteiger partial charge in [0.1, 0.15) is 6.07 Å². The standard InChI is InChI=1S/C21H22N6O3/c1-13-2-3-15(11-24-13)25-21(29)26-6-7-27-17(12-26)18(20(23)28)16(10-22)19(27)14-4-8-30-9-5-14/h2-4,11H,5-9,12H2,1H3,(H2,23,28)(H,25,29). The van der Waals surface area contributed by atoms with Crippen LogP contribution in [0.5, 0.6) is 0 Å². The van der Waals surface area contributed by atoms with E-state index >= 15 is 0 Å². The fourth-order valence-electron chi connectivity index (χ4n) is 3.93. The maximum atomic E-state index is 12.8. The third-order valence-corrected chi connectivity index (χ3v) is 5.38. The first-order valence-electron chi connectivity index (χ1n) is 9.70. The molecule has 0 saturated carbocycles. The van der Waals surface area contributed by atoms with Gasteiger partial charge in [0.05, 0.1) is 54.2 Å². The van der Waals surface area contributed by atoms with Gasteiger partial charge in [-0.3, -0.25) is 9.78 Å². The van der Waals surface area contributed by atoms with Crippen molar-refractivity contribution < 1.29 is 14.3 Å². The summed E-state index contributed by atoms with van der Waals surface area (Å²) < 4.78 is 7.33. The summed E-state index contributed by atoms with van der Waals surface area (Å²) in [6, 6.07) is 5.46. The smallest absolute Gasteiger partial charge is 0.322 e. The number of nitrogens with one attached hydrogen (secondary N) is 1. The number of pyridine rings is 1. The van der Waals surface area contributed by atoms with Crippen molar-refractivity contribution in [3.63, 3.8) is 0 Å². The minimum atomic E-state index is -0.667. The topological polar surface area (TPSA) is 126 Å². The van der Waals surface area contributed by atoms with E-state index in [1.54, 1.807) is 17.2 Å². The number of aromatic nitrogens is 2. The summed E-state index contributed by atoms with van der Waals surface area (Å²) in [5.41, 5.74) is 9.82. The highest BCUT2D eigenvalue weighted by atomic mass is 16.5. The summed E-state index contributed by atoms with van der Waals surface area (Å²) >= 11 is 0. The summed E-state index contributed by atoms with van der Waals surface area (Å²) in [5, 5.41) is 12.6. The predicted molar refractivity (Wildman–Crippen MR) is 109 cm³/mol. The number of anilines is 1. The van der Waals surface area contributed by atoms with Crippen molar-refractivity contribution in [1.82, 2.24) is 14.5 Å². The highest BCUT2D eigenvalue weighted by Gasteiger charge is 2.33. The monoisotopic (exact) mass is 406 g/mol. The first kappa shape index (κ1) is 19.7. The summed E-state index contributed by atoms with van der Waals surface area (Å²) in [4.78, 5) is 30.8. The number of aryl methyl sites for hydroxylation is 1. The molecule has 3 amide bonds. The molecule has 9 nitrogen and oxygen atoms in total. The average Bonchev–Trinajstić information content (AvgIpc) is 3.09. The Morgan fingerprint density at radius 3 is 2.80 bits per heavy atom. The van der Waals surface area contributed by atoms with Crippen molar-refractivity contribution >= 4 is 23.2 Å². The molecule has 0 fully saturated rings. The van der Waals surface area contributed by atoms with E-state index in [4.69, 9.17) is 10.5 Å². The molecule has 154 valence electrons. The number of carbonyl (C=O) groups is 2. The fraction of sp³-hybridized carbons (Fsp3) is 0.333. The van der Waals surface area contributed by atoms with Gasteiger partial charge in [-0.1, -0.05) is 6.08 Å². The van der Waals surface area contributed by atoms with Crippen molar-refractivity contribution in [2.45, 2.75) is 26.4 Å². The molecule has 0 saturated heterocycles. The van der Waals surface area contributed by atoms with Crippen LogP contribution in [0, 0.1) is 18.3 Å². The van der Waals surface area contributed by atoms with Crippen LogP contribution in [-0.2, 0) is 17.8 Å². The van der Waals surface area contributed by atoms with Gasteiger partial charge in [-0.05, 0) is 31.1 Å². The van der Waals surface area contributed by atoms with Gasteiger partial charge in [-0.25, -0.2) is 4.79 Å². The number of nitrogens with two attached hydrogens (primary N) is 1. The minimum Gasteiger partial charge on any atom is -0.377 e. The molecule has 0 radical (unpaired) electrons. The number of hydrogen-bond donors (Lipinski definition) is 2. The molecule has 3 N–H and O–H groups in total. The number of ether oxygens (including phenoxy) is 1. The number of fused-ring (bicyclic) bond motifs is 1. The van der Waals surface area contributed by atoms with Crippen LogP contribution in [0.25, 0.3) is 5.57 Å². The lowest BCUT2D eigenvalue weighted by molar-refractivity contribution is 0.0997. The molecule has 2 aromatic heterocycles. The van der Waals surface area contributed by atoms with Crippen LogP contribution < -0.4 is 11.1 Å². The Hall–Kier alpha value is -3.64. The number of rotatable bonds is 3. The van der Waals surface area contributed by atoms with Gasteiger partial charge >= 0.3 is 6.03 Å². The van der Waals surface area contributed by atoms with Crippen LogP contribution in [0.1, 0.15) is 39.4 Å². The maximum absolute atomic E-state index is 12.8. The van der Waals surface area contributed by atoms with E-state index in [0.717, 1.165) is 11.3 Å². The molecule has 9 heteroatoms. The van der Waals surface area contributed by atoms with Crippen LogP contribution in [-0.4, -0.2) is 46.1 Å². The lowest BCUT2D eigenvalue weighted by Gasteiger charge is -2.30. The highest BCUT2D eigenvalue weighted by Crippen LogP contribution is 2.33. The Morgan fingerprint density at radius 1 is 1.33 bits per heavy atom. The van der Waals surface area contributed by atoms with Crippen molar-refractivity contribution in [3.05, 3.63) is 52.6 Å². The Kier molecular flexibility index (Phi) is 5.25.